The molecule has 0 heterocycles. The van der Waals surface area contributed by atoms with E-state index in [9.17, 15) is 9.18 Å². The Hall–Kier alpha value is -1.49. The zero-order valence-electron chi connectivity index (χ0n) is 9.79. The molecular formula is C12H15FN2OS. The van der Waals surface area contributed by atoms with Crippen molar-refractivity contribution in [3.8, 4) is 0 Å². The fourth-order valence-corrected chi connectivity index (χ4v) is 1.72. The number of hydrogen-bond acceptors (Lipinski definition) is 2. The molecule has 1 aromatic rings. The average Bonchev–Trinajstić information content (AvgIpc) is 2.20. The van der Waals surface area contributed by atoms with Gasteiger partial charge in [-0.3, -0.25) is 4.79 Å². The lowest BCUT2D eigenvalue weighted by molar-refractivity contribution is 0.0937. The normalized spacial score (nSPS) is 11.9. The lowest BCUT2D eigenvalue weighted by Gasteiger charge is -2.13. The van der Waals surface area contributed by atoms with E-state index >= 15 is 0 Å². The summed E-state index contributed by atoms with van der Waals surface area (Å²) in [6.07, 6.45) is 0.397. The SMILES string of the molecule is Cc1ccc(F)c(C(=O)NC(C)CC(N)=S)c1. The molecule has 0 aliphatic heterocycles. The Kier molecular flexibility index (Phi) is 4.57. The molecule has 0 radical (unpaired) electrons. The predicted molar refractivity (Wildman–Crippen MR) is 69.5 cm³/mol. The Morgan fingerprint density at radius 3 is 2.82 bits per heavy atom. The largest absolute Gasteiger partial charge is 0.393 e. The van der Waals surface area contributed by atoms with Crippen molar-refractivity contribution in [3.63, 3.8) is 0 Å². The first-order valence-electron chi connectivity index (χ1n) is 5.25. The molecule has 3 nitrogen and oxygen atoms in total. The molecule has 1 atom stereocenters. The Morgan fingerprint density at radius 1 is 1.59 bits per heavy atom. The van der Waals surface area contributed by atoms with Crippen molar-refractivity contribution in [1.82, 2.24) is 5.32 Å². The number of benzene rings is 1. The monoisotopic (exact) mass is 254 g/mol. The van der Waals surface area contributed by atoms with Crippen LogP contribution in [-0.2, 0) is 0 Å². The second-order valence-corrected chi connectivity index (χ2v) is 4.55. The number of nitrogens with two attached hydrogens (primary N) is 1. The number of thiocarbonyl (C=S) groups is 1. The van der Waals surface area contributed by atoms with Gasteiger partial charge in [0.1, 0.15) is 5.82 Å². The topological polar surface area (TPSA) is 55.1 Å². The highest BCUT2D eigenvalue weighted by molar-refractivity contribution is 7.80. The second-order valence-electron chi connectivity index (χ2n) is 4.03. The summed E-state index contributed by atoms with van der Waals surface area (Å²) in [5.74, 6) is -0.981. The van der Waals surface area contributed by atoms with E-state index in [4.69, 9.17) is 18.0 Å². The maximum atomic E-state index is 13.4. The molecule has 1 rings (SSSR count). The summed E-state index contributed by atoms with van der Waals surface area (Å²) < 4.78 is 13.4. The van der Waals surface area contributed by atoms with Crippen LogP contribution in [0.25, 0.3) is 0 Å². The van der Waals surface area contributed by atoms with Gasteiger partial charge >= 0.3 is 0 Å². The van der Waals surface area contributed by atoms with Gasteiger partial charge in [0.05, 0.1) is 10.6 Å². The zero-order valence-corrected chi connectivity index (χ0v) is 10.6. The van der Waals surface area contributed by atoms with Crippen LogP contribution in [-0.4, -0.2) is 16.9 Å². The summed E-state index contributed by atoms with van der Waals surface area (Å²) in [6.45, 7) is 3.57. The Bertz CT molecular complexity index is 448. The van der Waals surface area contributed by atoms with Gasteiger partial charge in [-0.25, -0.2) is 4.39 Å². The van der Waals surface area contributed by atoms with E-state index in [1.165, 1.54) is 12.1 Å². The quantitative estimate of drug-likeness (QED) is 0.807. The van der Waals surface area contributed by atoms with E-state index < -0.39 is 11.7 Å². The number of halogens is 1. The summed E-state index contributed by atoms with van der Waals surface area (Å²) in [4.78, 5) is 12.1. The summed E-state index contributed by atoms with van der Waals surface area (Å²) in [5, 5.41) is 2.65. The number of aryl methyl sites for hydroxylation is 1. The van der Waals surface area contributed by atoms with Gasteiger partial charge in [-0.15, -0.1) is 0 Å². The third kappa shape index (κ3) is 4.11. The maximum absolute atomic E-state index is 13.4. The minimum atomic E-state index is -0.532. The molecule has 0 aliphatic rings. The van der Waals surface area contributed by atoms with E-state index in [2.05, 4.69) is 5.32 Å². The van der Waals surface area contributed by atoms with Crippen LogP contribution in [0.3, 0.4) is 0 Å². The lowest BCUT2D eigenvalue weighted by atomic mass is 10.1. The minimum Gasteiger partial charge on any atom is -0.393 e. The average molecular weight is 254 g/mol. The van der Waals surface area contributed by atoms with Crippen molar-refractivity contribution in [3.05, 3.63) is 35.1 Å². The number of carbonyl (C=O) groups is 1. The molecular weight excluding hydrogens is 239 g/mol. The smallest absolute Gasteiger partial charge is 0.254 e. The van der Waals surface area contributed by atoms with E-state index in [0.29, 0.717) is 11.4 Å². The van der Waals surface area contributed by atoms with Gasteiger partial charge in [0, 0.05) is 12.5 Å². The first kappa shape index (κ1) is 13.6. The van der Waals surface area contributed by atoms with Crippen LogP contribution in [0.15, 0.2) is 18.2 Å². The van der Waals surface area contributed by atoms with Crippen LogP contribution in [0.2, 0.25) is 0 Å². The van der Waals surface area contributed by atoms with Gasteiger partial charge in [-0.1, -0.05) is 23.8 Å². The third-order valence-electron chi connectivity index (χ3n) is 2.25. The van der Waals surface area contributed by atoms with E-state index in [1.54, 1.807) is 19.9 Å². The molecule has 0 bridgehead atoms. The molecule has 1 amide bonds. The Labute approximate surface area is 105 Å². The summed E-state index contributed by atoms with van der Waals surface area (Å²) in [5.41, 5.74) is 6.24. The zero-order chi connectivity index (χ0) is 13.0. The lowest BCUT2D eigenvalue weighted by Crippen LogP contribution is -2.35. The molecule has 0 saturated heterocycles. The summed E-state index contributed by atoms with van der Waals surface area (Å²) in [7, 11) is 0. The maximum Gasteiger partial charge on any atom is 0.254 e. The van der Waals surface area contributed by atoms with Gasteiger partial charge < -0.3 is 11.1 Å². The van der Waals surface area contributed by atoms with Crippen LogP contribution in [0, 0.1) is 12.7 Å². The van der Waals surface area contributed by atoms with Crippen molar-refractivity contribution in [2.24, 2.45) is 5.73 Å². The van der Waals surface area contributed by atoms with E-state index in [0.717, 1.165) is 5.56 Å². The molecule has 0 spiro atoms. The molecule has 17 heavy (non-hydrogen) atoms. The second kappa shape index (κ2) is 5.72. The minimum absolute atomic E-state index is 0.0415. The van der Waals surface area contributed by atoms with Gasteiger partial charge in [0.15, 0.2) is 0 Å². The van der Waals surface area contributed by atoms with Crippen LogP contribution >= 0.6 is 12.2 Å². The highest BCUT2D eigenvalue weighted by Crippen LogP contribution is 2.10. The van der Waals surface area contributed by atoms with Crippen LogP contribution in [0.1, 0.15) is 29.3 Å². The number of nitrogens with one attached hydrogen (secondary N) is 1. The molecule has 0 saturated carbocycles. The van der Waals surface area contributed by atoms with Gasteiger partial charge in [0.25, 0.3) is 5.91 Å². The van der Waals surface area contributed by atoms with Gasteiger partial charge in [0.2, 0.25) is 0 Å². The predicted octanol–water partition coefficient (Wildman–Crippen LogP) is 1.93. The molecule has 0 aliphatic carbocycles. The third-order valence-corrected chi connectivity index (χ3v) is 2.42. The van der Waals surface area contributed by atoms with Gasteiger partial charge in [-0.05, 0) is 26.0 Å². The Balaban J connectivity index is 2.76. The van der Waals surface area contributed by atoms with Crippen molar-refractivity contribution in [2.45, 2.75) is 26.3 Å². The van der Waals surface area contributed by atoms with Crippen molar-refractivity contribution in [2.75, 3.05) is 0 Å². The van der Waals surface area contributed by atoms with Crippen molar-refractivity contribution < 1.29 is 9.18 Å². The highest BCUT2D eigenvalue weighted by Gasteiger charge is 2.14. The number of rotatable bonds is 4. The van der Waals surface area contributed by atoms with Crippen LogP contribution in [0.5, 0.6) is 0 Å². The van der Waals surface area contributed by atoms with Crippen LogP contribution in [0.4, 0.5) is 4.39 Å². The molecule has 1 aromatic carbocycles. The summed E-state index contributed by atoms with van der Waals surface area (Å²) in [6, 6.07) is 4.20. The standard InChI is InChI=1S/C12H15FN2OS/c1-7-3-4-10(13)9(5-7)12(16)15-8(2)6-11(14)17/h3-5,8H,6H2,1-2H3,(H2,14,17)(H,15,16). The van der Waals surface area contributed by atoms with E-state index in [1.807, 2.05) is 0 Å². The summed E-state index contributed by atoms with van der Waals surface area (Å²) >= 11 is 4.74. The molecule has 0 fully saturated rings. The Morgan fingerprint density at radius 2 is 2.24 bits per heavy atom. The van der Waals surface area contributed by atoms with Crippen LogP contribution < -0.4 is 11.1 Å². The fourth-order valence-electron chi connectivity index (χ4n) is 1.47. The molecule has 5 heteroatoms. The van der Waals surface area contributed by atoms with Crippen molar-refractivity contribution in [1.29, 1.82) is 0 Å². The van der Waals surface area contributed by atoms with Gasteiger partial charge in [-0.2, -0.15) is 0 Å². The highest BCUT2D eigenvalue weighted by atomic mass is 32.1. The van der Waals surface area contributed by atoms with Crippen molar-refractivity contribution >= 4 is 23.1 Å². The first-order chi connectivity index (χ1) is 7.90. The molecule has 1 unspecified atom stereocenters. The fraction of sp³-hybridized carbons (Fsp3) is 0.333. The first-order valence-corrected chi connectivity index (χ1v) is 5.66. The molecule has 0 aromatic heterocycles. The molecule has 92 valence electrons. The molecule has 3 N–H and O–H groups in total. The number of hydrogen-bond donors (Lipinski definition) is 2. The van der Waals surface area contributed by atoms with E-state index in [-0.39, 0.29) is 11.6 Å². The number of amides is 1. The number of carbonyl (C=O) groups excluding carboxylic acids is 1.